The predicted molar refractivity (Wildman–Crippen MR) is 59.8 cm³/mol. The van der Waals surface area contributed by atoms with Gasteiger partial charge in [-0.1, -0.05) is 69.8 Å². The lowest BCUT2D eigenvalue weighted by atomic mass is 10.1. The Bertz CT molecular complexity index is 154. The van der Waals surface area contributed by atoms with Crippen molar-refractivity contribution in [3.8, 4) is 0 Å². The third-order valence-electron chi connectivity index (χ3n) is 1.38. The van der Waals surface area contributed by atoms with Gasteiger partial charge in [-0.25, -0.2) is 0 Å². The molecular formula is C6H6Br4. The standard InChI is InChI=1S/C6H6Br4/c7-3-1-4(8)6(10)5(9)2-3/h1,4-6H,2H2/t4-,5-,6+/m0/s1. The van der Waals surface area contributed by atoms with Gasteiger partial charge in [-0.2, -0.15) is 0 Å². The topological polar surface area (TPSA) is 0 Å². The Hall–Kier alpha value is 1.66. The van der Waals surface area contributed by atoms with E-state index in [4.69, 9.17) is 0 Å². The molecule has 58 valence electrons. The molecular weight excluding hydrogens is 392 g/mol. The van der Waals surface area contributed by atoms with E-state index < -0.39 is 0 Å². The van der Waals surface area contributed by atoms with Gasteiger partial charge in [0.15, 0.2) is 0 Å². The maximum absolute atomic E-state index is 3.59. The molecule has 3 atom stereocenters. The van der Waals surface area contributed by atoms with Crippen LogP contribution in [-0.4, -0.2) is 14.5 Å². The van der Waals surface area contributed by atoms with Gasteiger partial charge in [-0.05, 0) is 10.9 Å². The lowest BCUT2D eigenvalue weighted by Crippen LogP contribution is -2.26. The number of allylic oxidation sites excluding steroid dienone is 2. The van der Waals surface area contributed by atoms with Crippen molar-refractivity contribution in [2.24, 2.45) is 0 Å². The Labute approximate surface area is 94.3 Å². The summed E-state index contributed by atoms with van der Waals surface area (Å²) in [5, 5.41) is 0. The van der Waals surface area contributed by atoms with Crippen molar-refractivity contribution < 1.29 is 0 Å². The maximum atomic E-state index is 3.59. The van der Waals surface area contributed by atoms with E-state index in [1.807, 2.05) is 0 Å². The van der Waals surface area contributed by atoms with Crippen LogP contribution in [0.25, 0.3) is 0 Å². The number of alkyl halides is 3. The molecule has 0 saturated carbocycles. The number of hydrogen-bond donors (Lipinski definition) is 0. The van der Waals surface area contributed by atoms with Crippen LogP contribution in [0.1, 0.15) is 6.42 Å². The molecule has 0 amide bonds. The molecule has 0 unspecified atom stereocenters. The molecule has 0 aromatic rings. The number of rotatable bonds is 0. The first-order valence-electron chi connectivity index (χ1n) is 2.89. The van der Waals surface area contributed by atoms with Crippen molar-refractivity contribution in [1.29, 1.82) is 0 Å². The second kappa shape index (κ2) is 4.06. The molecule has 0 aromatic heterocycles. The molecule has 1 aliphatic rings. The van der Waals surface area contributed by atoms with E-state index in [0.29, 0.717) is 14.5 Å². The first kappa shape index (κ1) is 9.75. The van der Waals surface area contributed by atoms with Gasteiger partial charge in [0.25, 0.3) is 0 Å². The Morgan fingerprint density at radius 2 is 1.90 bits per heavy atom. The van der Waals surface area contributed by atoms with Gasteiger partial charge in [0.1, 0.15) is 0 Å². The van der Waals surface area contributed by atoms with E-state index >= 15 is 0 Å². The van der Waals surface area contributed by atoms with Crippen LogP contribution in [0, 0.1) is 0 Å². The lowest BCUT2D eigenvalue weighted by Gasteiger charge is -2.24. The fraction of sp³-hybridized carbons (Fsp3) is 0.667. The second-order valence-corrected chi connectivity index (χ2v) is 6.53. The van der Waals surface area contributed by atoms with E-state index in [9.17, 15) is 0 Å². The van der Waals surface area contributed by atoms with E-state index in [0.717, 1.165) is 6.42 Å². The fourth-order valence-electron chi connectivity index (χ4n) is 0.831. The molecule has 0 fully saturated rings. The molecule has 0 N–H and O–H groups in total. The van der Waals surface area contributed by atoms with Crippen molar-refractivity contribution >= 4 is 63.7 Å². The number of hydrogen-bond acceptors (Lipinski definition) is 0. The van der Waals surface area contributed by atoms with Crippen LogP contribution < -0.4 is 0 Å². The van der Waals surface area contributed by atoms with E-state index in [2.05, 4.69) is 69.8 Å². The minimum Gasteiger partial charge on any atom is -0.0874 e. The Balaban J connectivity index is 2.69. The summed E-state index contributed by atoms with van der Waals surface area (Å²) in [5.41, 5.74) is 0. The Morgan fingerprint density at radius 3 is 2.40 bits per heavy atom. The average Bonchev–Trinajstić information content (AvgIpc) is 1.82. The zero-order valence-electron chi connectivity index (χ0n) is 5.03. The Kier molecular flexibility index (Phi) is 3.95. The Morgan fingerprint density at radius 1 is 1.30 bits per heavy atom. The van der Waals surface area contributed by atoms with Crippen LogP contribution in [-0.2, 0) is 0 Å². The van der Waals surface area contributed by atoms with Crippen molar-refractivity contribution in [1.82, 2.24) is 0 Å². The van der Waals surface area contributed by atoms with Gasteiger partial charge >= 0.3 is 0 Å². The SMILES string of the molecule is BrC1=C[C@H](Br)[C@@H](Br)[C@@H](Br)C1. The van der Waals surface area contributed by atoms with Crippen molar-refractivity contribution in [2.75, 3.05) is 0 Å². The summed E-state index contributed by atoms with van der Waals surface area (Å²) >= 11 is 14.2. The van der Waals surface area contributed by atoms with Crippen LogP contribution >= 0.6 is 63.7 Å². The van der Waals surface area contributed by atoms with Crippen LogP contribution in [0.15, 0.2) is 10.6 Å². The predicted octanol–water partition coefficient (Wildman–Crippen LogP) is 3.96. The summed E-state index contributed by atoms with van der Waals surface area (Å²) in [5.74, 6) is 0. The first-order chi connectivity index (χ1) is 4.61. The lowest BCUT2D eigenvalue weighted by molar-refractivity contribution is 0.801. The zero-order valence-corrected chi connectivity index (χ0v) is 11.4. The minimum atomic E-state index is 0.431. The van der Waals surface area contributed by atoms with Crippen molar-refractivity contribution in [3.05, 3.63) is 10.6 Å². The van der Waals surface area contributed by atoms with E-state index in [1.165, 1.54) is 4.48 Å². The first-order valence-corrected chi connectivity index (χ1v) is 6.43. The number of halogens is 4. The van der Waals surface area contributed by atoms with E-state index in [1.54, 1.807) is 0 Å². The largest absolute Gasteiger partial charge is 0.0874 e. The average molecular weight is 398 g/mol. The molecule has 0 heterocycles. The molecule has 0 bridgehead atoms. The molecule has 0 saturated heterocycles. The molecule has 10 heavy (non-hydrogen) atoms. The summed E-state index contributed by atoms with van der Waals surface area (Å²) < 4.78 is 1.27. The normalized spacial score (nSPS) is 41.2. The summed E-state index contributed by atoms with van der Waals surface area (Å²) in [4.78, 5) is 1.45. The summed E-state index contributed by atoms with van der Waals surface area (Å²) in [6, 6.07) is 0. The van der Waals surface area contributed by atoms with Crippen LogP contribution in [0.3, 0.4) is 0 Å². The maximum Gasteiger partial charge on any atom is 0.0472 e. The zero-order chi connectivity index (χ0) is 7.72. The van der Waals surface area contributed by atoms with Gasteiger partial charge in [0.2, 0.25) is 0 Å². The van der Waals surface area contributed by atoms with Crippen molar-refractivity contribution in [2.45, 2.75) is 20.9 Å². The molecule has 0 spiro atoms. The highest BCUT2D eigenvalue weighted by atomic mass is 79.9. The van der Waals surface area contributed by atoms with Crippen LogP contribution in [0.5, 0.6) is 0 Å². The molecule has 0 aromatic carbocycles. The smallest absolute Gasteiger partial charge is 0.0472 e. The van der Waals surface area contributed by atoms with Gasteiger partial charge in [-0.3, -0.25) is 0 Å². The third kappa shape index (κ3) is 2.32. The van der Waals surface area contributed by atoms with E-state index in [-0.39, 0.29) is 0 Å². The van der Waals surface area contributed by atoms with Gasteiger partial charge in [0.05, 0.1) is 0 Å². The molecule has 0 nitrogen and oxygen atoms in total. The quantitative estimate of drug-likeness (QED) is 0.543. The highest BCUT2D eigenvalue weighted by Gasteiger charge is 2.26. The summed E-state index contributed by atoms with van der Waals surface area (Å²) in [6.45, 7) is 0. The molecule has 4 heteroatoms. The van der Waals surface area contributed by atoms with Gasteiger partial charge in [0, 0.05) is 14.5 Å². The fourth-order valence-corrected chi connectivity index (χ4v) is 4.37. The van der Waals surface area contributed by atoms with Gasteiger partial charge < -0.3 is 0 Å². The van der Waals surface area contributed by atoms with Crippen LogP contribution in [0.4, 0.5) is 0 Å². The van der Waals surface area contributed by atoms with Crippen molar-refractivity contribution in [3.63, 3.8) is 0 Å². The highest BCUT2D eigenvalue weighted by molar-refractivity contribution is 9.14. The minimum absolute atomic E-state index is 0.431. The monoisotopic (exact) mass is 394 g/mol. The van der Waals surface area contributed by atoms with Crippen LogP contribution in [0.2, 0.25) is 0 Å². The molecule has 0 radical (unpaired) electrons. The van der Waals surface area contributed by atoms with Gasteiger partial charge in [-0.15, -0.1) is 0 Å². The third-order valence-corrected chi connectivity index (χ3v) is 6.32. The summed E-state index contributed by atoms with van der Waals surface area (Å²) in [6.07, 6.45) is 3.25. The molecule has 1 aliphatic carbocycles. The second-order valence-electron chi connectivity index (χ2n) is 2.22. The highest BCUT2D eigenvalue weighted by Crippen LogP contribution is 2.35. The molecule has 0 aliphatic heterocycles. The summed E-state index contributed by atoms with van der Waals surface area (Å²) in [7, 11) is 0. The molecule has 1 rings (SSSR count).